The maximum atomic E-state index is 9.85. The van der Waals surface area contributed by atoms with E-state index in [1.165, 1.54) is 37.8 Å². The van der Waals surface area contributed by atoms with Gasteiger partial charge in [0.1, 0.15) is 5.69 Å². The quantitative estimate of drug-likeness (QED) is 0.328. The number of nitriles is 1. The Balaban J connectivity index is 0.00000114. The minimum absolute atomic E-state index is 0.278. The van der Waals surface area contributed by atoms with Crippen molar-refractivity contribution in [3.05, 3.63) is 59.0 Å². The summed E-state index contributed by atoms with van der Waals surface area (Å²) in [7, 11) is 5.52. The minimum atomic E-state index is 0.278. The molecule has 1 unspecified atom stereocenters. The highest BCUT2D eigenvalue weighted by atomic mass is 16.5. The Bertz CT molecular complexity index is 1240. The number of ether oxygens (including phenoxy) is 1. The molecular formula is C34H51N7O. The van der Waals surface area contributed by atoms with Gasteiger partial charge in [-0.2, -0.15) is 10.4 Å². The lowest BCUT2D eigenvalue weighted by atomic mass is 9.88. The van der Waals surface area contributed by atoms with Crippen LogP contribution < -0.4 is 19.9 Å². The van der Waals surface area contributed by atoms with Gasteiger partial charge < -0.3 is 19.9 Å². The number of nitrogens with zero attached hydrogens (tertiary/aromatic N) is 6. The van der Waals surface area contributed by atoms with Gasteiger partial charge in [-0.05, 0) is 81.8 Å². The molecule has 2 saturated heterocycles. The molecule has 0 saturated carbocycles. The van der Waals surface area contributed by atoms with E-state index in [0.717, 1.165) is 72.9 Å². The second-order valence-electron chi connectivity index (χ2n) is 11.3. The highest BCUT2D eigenvalue weighted by Crippen LogP contribution is 2.33. The first kappa shape index (κ1) is 32.8. The molecule has 1 aromatic carbocycles. The van der Waals surface area contributed by atoms with Crippen molar-refractivity contribution < 1.29 is 4.74 Å². The molecule has 2 fully saturated rings. The first-order chi connectivity index (χ1) is 20.3. The van der Waals surface area contributed by atoms with Gasteiger partial charge in [-0.1, -0.05) is 26.7 Å². The Labute approximate surface area is 254 Å². The van der Waals surface area contributed by atoms with E-state index in [1.807, 2.05) is 57.2 Å². The smallest absolute Gasteiger partial charge is 0.238 e. The third kappa shape index (κ3) is 8.88. The van der Waals surface area contributed by atoms with Crippen LogP contribution in [0.2, 0.25) is 0 Å². The topological polar surface area (TPSA) is 80.0 Å². The molecule has 0 spiro atoms. The predicted octanol–water partition coefficient (Wildman–Crippen LogP) is 6.88. The van der Waals surface area contributed by atoms with Crippen LogP contribution in [0, 0.1) is 11.3 Å². The maximum absolute atomic E-state index is 9.85. The Kier molecular flexibility index (Phi) is 13.0. The van der Waals surface area contributed by atoms with E-state index in [4.69, 9.17) is 14.8 Å². The zero-order valence-electron chi connectivity index (χ0n) is 26.9. The van der Waals surface area contributed by atoms with Crippen LogP contribution in [0.3, 0.4) is 0 Å². The molecule has 8 nitrogen and oxygen atoms in total. The van der Waals surface area contributed by atoms with Crippen LogP contribution in [0.4, 0.5) is 11.4 Å². The van der Waals surface area contributed by atoms with Crippen molar-refractivity contribution in [3.63, 3.8) is 0 Å². The molecule has 0 radical (unpaired) electrons. The van der Waals surface area contributed by atoms with E-state index in [1.54, 1.807) is 7.11 Å². The number of aromatic nitrogens is 1. The van der Waals surface area contributed by atoms with Crippen LogP contribution in [-0.2, 0) is 0 Å². The van der Waals surface area contributed by atoms with Crippen molar-refractivity contribution >= 4 is 17.1 Å². The van der Waals surface area contributed by atoms with Gasteiger partial charge in [0.2, 0.25) is 5.88 Å². The third-order valence-corrected chi connectivity index (χ3v) is 8.07. The lowest BCUT2D eigenvalue weighted by Gasteiger charge is -2.33. The number of hydrazone groups is 1. The van der Waals surface area contributed by atoms with E-state index in [9.17, 15) is 5.26 Å². The molecule has 2 aromatic rings. The van der Waals surface area contributed by atoms with Crippen molar-refractivity contribution in [2.45, 2.75) is 78.6 Å². The summed E-state index contributed by atoms with van der Waals surface area (Å²) in [4.78, 5) is 9.22. The van der Waals surface area contributed by atoms with Gasteiger partial charge in [-0.15, -0.1) is 0 Å². The van der Waals surface area contributed by atoms with Gasteiger partial charge >= 0.3 is 0 Å². The Morgan fingerprint density at radius 1 is 1.12 bits per heavy atom. The molecular weight excluding hydrogens is 522 g/mol. The first-order valence-corrected chi connectivity index (χ1v) is 15.6. The average Bonchev–Trinajstić information content (AvgIpc) is 3.04. The standard InChI is InChI=1S/C30H41N7O.C4H10/c1-22(32-3)20-35(4)29-14-13-28(33-30(29)38-5)23(2)34-37-17-9-10-25(21-37)27-18-26(12-11-24(27)19-31)36-15-7-6-8-16-36;1-3-4-2/h11-14,18,20,25,32H,6-10,15-17,21H2,1-5H3;3-4H2,1-2H3/b22-20-,34-23+;. The molecule has 3 heterocycles. The second kappa shape index (κ2) is 16.6. The summed E-state index contributed by atoms with van der Waals surface area (Å²) >= 11 is 0. The summed E-state index contributed by atoms with van der Waals surface area (Å²) in [5.74, 6) is 0.838. The Morgan fingerprint density at radius 2 is 1.86 bits per heavy atom. The summed E-state index contributed by atoms with van der Waals surface area (Å²) in [5, 5.41) is 20.1. The average molecular weight is 574 g/mol. The minimum Gasteiger partial charge on any atom is -0.479 e. The van der Waals surface area contributed by atoms with Crippen LogP contribution in [0.5, 0.6) is 5.88 Å². The molecule has 42 heavy (non-hydrogen) atoms. The van der Waals surface area contributed by atoms with Crippen molar-refractivity contribution in [2.75, 3.05) is 57.2 Å². The molecule has 0 aliphatic carbocycles. The largest absolute Gasteiger partial charge is 0.479 e. The number of hydrogen-bond donors (Lipinski definition) is 1. The summed E-state index contributed by atoms with van der Waals surface area (Å²) in [6.07, 6.45) is 10.5. The highest BCUT2D eigenvalue weighted by molar-refractivity contribution is 5.97. The predicted molar refractivity (Wildman–Crippen MR) is 176 cm³/mol. The zero-order chi connectivity index (χ0) is 30.5. The van der Waals surface area contributed by atoms with E-state index < -0.39 is 0 Å². The summed E-state index contributed by atoms with van der Waals surface area (Å²) in [6, 6.07) is 12.8. The number of rotatable bonds is 9. The molecule has 1 atom stereocenters. The third-order valence-electron chi connectivity index (χ3n) is 8.07. The lowest BCUT2D eigenvalue weighted by Crippen LogP contribution is -2.32. The lowest BCUT2D eigenvalue weighted by molar-refractivity contribution is 0.216. The molecule has 8 heteroatoms. The Morgan fingerprint density at radius 3 is 2.50 bits per heavy atom. The van der Waals surface area contributed by atoms with Gasteiger partial charge in [-0.25, -0.2) is 4.98 Å². The van der Waals surface area contributed by atoms with E-state index in [2.05, 4.69) is 47.3 Å². The van der Waals surface area contributed by atoms with Crippen LogP contribution >= 0.6 is 0 Å². The van der Waals surface area contributed by atoms with Crippen molar-refractivity contribution in [2.24, 2.45) is 5.10 Å². The van der Waals surface area contributed by atoms with Crippen molar-refractivity contribution in [3.8, 4) is 11.9 Å². The highest BCUT2D eigenvalue weighted by Gasteiger charge is 2.25. The fraction of sp³-hybridized carbons (Fsp3) is 0.559. The van der Waals surface area contributed by atoms with Crippen LogP contribution in [0.1, 0.15) is 95.4 Å². The number of pyridine rings is 1. The van der Waals surface area contributed by atoms with Gasteiger partial charge in [0, 0.05) is 63.8 Å². The molecule has 1 aromatic heterocycles. The molecule has 2 aliphatic rings. The fourth-order valence-electron chi connectivity index (χ4n) is 5.38. The van der Waals surface area contributed by atoms with Crippen molar-refractivity contribution in [1.29, 1.82) is 5.26 Å². The first-order valence-electron chi connectivity index (χ1n) is 15.6. The molecule has 228 valence electrons. The number of allylic oxidation sites excluding steroid dienone is 1. The monoisotopic (exact) mass is 573 g/mol. The number of benzene rings is 1. The molecule has 2 aliphatic heterocycles. The van der Waals surface area contributed by atoms with Crippen LogP contribution in [0.15, 0.2) is 47.3 Å². The molecule has 0 bridgehead atoms. The normalized spacial score (nSPS) is 17.6. The summed E-state index contributed by atoms with van der Waals surface area (Å²) < 4.78 is 5.62. The molecule has 0 amide bonds. The van der Waals surface area contributed by atoms with Gasteiger partial charge in [0.25, 0.3) is 0 Å². The van der Waals surface area contributed by atoms with Gasteiger partial charge in [-0.3, -0.25) is 5.01 Å². The van der Waals surface area contributed by atoms with E-state index in [0.29, 0.717) is 5.88 Å². The summed E-state index contributed by atoms with van der Waals surface area (Å²) in [5.41, 5.74) is 6.75. The van der Waals surface area contributed by atoms with E-state index >= 15 is 0 Å². The zero-order valence-corrected chi connectivity index (χ0v) is 26.9. The number of piperidine rings is 2. The van der Waals surface area contributed by atoms with Crippen LogP contribution in [0.25, 0.3) is 0 Å². The number of methoxy groups -OCH3 is 1. The van der Waals surface area contributed by atoms with Crippen molar-refractivity contribution in [1.82, 2.24) is 15.3 Å². The fourth-order valence-corrected chi connectivity index (χ4v) is 5.38. The summed E-state index contributed by atoms with van der Waals surface area (Å²) in [6.45, 7) is 12.3. The SMILES string of the molecule is CCCC.CN/C(C)=C\N(C)c1ccc(/C(C)=N/N2CCCC(c3cc(N4CCCCC4)ccc3C#N)C2)nc1OC. The number of unbranched alkanes of at least 4 members (excludes halogenated alkanes) is 1. The van der Waals surface area contributed by atoms with Gasteiger partial charge in [0.15, 0.2) is 0 Å². The molecule has 4 rings (SSSR count). The number of anilines is 2. The Hall–Kier alpha value is -3.73. The number of nitrogens with one attached hydrogen (secondary N) is 1. The van der Waals surface area contributed by atoms with Crippen LogP contribution in [-0.4, -0.2) is 63.1 Å². The number of hydrogen-bond acceptors (Lipinski definition) is 8. The second-order valence-corrected chi connectivity index (χ2v) is 11.3. The van der Waals surface area contributed by atoms with E-state index in [-0.39, 0.29) is 5.92 Å². The molecule has 1 N–H and O–H groups in total. The van der Waals surface area contributed by atoms with Gasteiger partial charge in [0.05, 0.1) is 30.1 Å². The maximum Gasteiger partial charge on any atom is 0.238 e.